The lowest BCUT2D eigenvalue weighted by molar-refractivity contribution is 0.415. The highest BCUT2D eigenvalue weighted by Gasteiger charge is 2.07. The van der Waals surface area contributed by atoms with Crippen LogP contribution in [0.15, 0.2) is 23.6 Å². The third-order valence-electron chi connectivity index (χ3n) is 2.88. The SMILES string of the molecule is CNC(C)Cc1csc2cc(OC)ccc12. The van der Waals surface area contributed by atoms with E-state index in [4.69, 9.17) is 4.74 Å². The molecule has 0 aliphatic rings. The van der Waals surface area contributed by atoms with E-state index in [0.29, 0.717) is 6.04 Å². The smallest absolute Gasteiger partial charge is 0.120 e. The van der Waals surface area contributed by atoms with Crippen LogP contribution in [-0.4, -0.2) is 20.2 Å². The molecule has 0 saturated carbocycles. The largest absolute Gasteiger partial charge is 0.497 e. The fraction of sp³-hybridized carbons (Fsp3) is 0.385. The Labute approximate surface area is 100 Å². The van der Waals surface area contributed by atoms with Crippen LogP contribution in [0, 0.1) is 0 Å². The maximum absolute atomic E-state index is 5.23. The molecular formula is C13H17NOS. The molecule has 0 aliphatic heterocycles. The standard InChI is InChI=1S/C13H17NOS/c1-9(14-2)6-10-8-16-13-7-11(15-3)4-5-12(10)13/h4-5,7-9,14H,6H2,1-3H3. The third-order valence-corrected chi connectivity index (χ3v) is 3.88. The lowest BCUT2D eigenvalue weighted by Crippen LogP contribution is -2.23. The highest BCUT2D eigenvalue weighted by Crippen LogP contribution is 2.30. The Morgan fingerprint density at radius 2 is 2.25 bits per heavy atom. The summed E-state index contributed by atoms with van der Waals surface area (Å²) in [4.78, 5) is 0. The summed E-state index contributed by atoms with van der Waals surface area (Å²) in [5.74, 6) is 0.933. The molecule has 0 spiro atoms. The Morgan fingerprint density at radius 3 is 2.94 bits per heavy atom. The number of hydrogen-bond acceptors (Lipinski definition) is 3. The summed E-state index contributed by atoms with van der Waals surface area (Å²) in [6.07, 6.45) is 1.07. The topological polar surface area (TPSA) is 21.3 Å². The number of likely N-dealkylation sites (N-methyl/N-ethyl adjacent to an activating group) is 1. The van der Waals surface area contributed by atoms with Gasteiger partial charge < -0.3 is 10.1 Å². The van der Waals surface area contributed by atoms with Crippen molar-refractivity contribution in [3.8, 4) is 5.75 Å². The lowest BCUT2D eigenvalue weighted by atomic mass is 10.1. The maximum atomic E-state index is 5.23. The van der Waals surface area contributed by atoms with Gasteiger partial charge >= 0.3 is 0 Å². The van der Waals surface area contributed by atoms with E-state index in [1.54, 1.807) is 18.4 Å². The molecule has 1 aromatic heterocycles. The van der Waals surface area contributed by atoms with Crippen molar-refractivity contribution in [2.45, 2.75) is 19.4 Å². The summed E-state index contributed by atoms with van der Waals surface area (Å²) in [6.45, 7) is 2.20. The first-order chi connectivity index (χ1) is 7.74. The summed E-state index contributed by atoms with van der Waals surface area (Å²) in [7, 11) is 3.71. The Kier molecular flexibility index (Phi) is 3.46. The Hall–Kier alpha value is -1.06. The number of rotatable bonds is 4. The van der Waals surface area contributed by atoms with Crippen molar-refractivity contribution in [2.75, 3.05) is 14.2 Å². The second-order valence-electron chi connectivity index (χ2n) is 4.02. The fourth-order valence-corrected chi connectivity index (χ4v) is 2.78. The van der Waals surface area contributed by atoms with E-state index in [-0.39, 0.29) is 0 Å². The van der Waals surface area contributed by atoms with Gasteiger partial charge in [0.05, 0.1) is 7.11 Å². The van der Waals surface area contributed by atoms with E-state index in [1.165, 1.54) is 15.6 Å². The van der Waals surface area contributed by atoms with Crippen molar-refractivity contribution >= 4 is 21.4 Å². The minimum Gasteiger partial charge on any atom is -0.497 e. The Morgan fingerprint density at radius 1 is 1.44 bits per heavy atom. The molecule has 3 heteroatoms. The molecule has 2 aromatic rings. The van der Waals surface area contributed by atoms with Gasteiger partial charge in [-0.15, -0.1) is 11.3 Å². The van der Waals surface area contributed by atoms with Crippen molar-refractivity contribution in [3.05, 3.63) is 29.1 Å². The van der Waals surface area contributed by atoms with Crippen LogP contribution in [0.4, 0.5) is 0 Å². The molecule has 0 radical (unpaired) electrons. The average Bonchev–Trinajstić information content (AvgIpc) is 2.71. The van der Waals surface area contributed by atoms with Gasteiger partial charge in [-0.1, -0.05) is 0 Å². The monoisotopic (exact) mass is 235 g/mol. The molecule has 1 unspecified atom stereocenters. The van der Waals surface area contributed by atoms with Crippen LogP contribution >= 0.6 is 11.3 Å². The van der Waals surface area contributed by atoms with Gasteiger partial charge in [0.25, 0.3) is 0 Å². The molecule has 0 fully saturated rings. The van der Waals surface area contributed by atoms with Gasteiger partial charge in [-0.25, -0.2) is 0 Å². The van der Waals surface area contributed by atoms with Gasteiger partial charge in [0, 0.05) is 10.7 Å². The zero-order valence-electron chi connectivity index (χ0n) is 9.91. The van der Waals surface area contributed by atoms with Crippen LogP contribution in [0.5, 0.6) is 5.75 Å². The molecule has 1 atom stereocenters. The first kappa shape index (κ1) is 11.4. The van der Waals surface area contributed by atoms with Crippen LogP contribution in [-0.2, 0) is 6.42 Å². The molecule has 0 bridgehead atoms. The molecule has 0 saturated heterocycles. The van der Waals surface area contributed by atoms with E-state index in [9.17, 15) is 0 Å². The zero-order chi connectivity index (χ0) is 11.5. The third kappa shape index (κ3) is 2.20. The minimum absolute atomic E-state index is 0.514. The number of fused-ring (bicyclic) bond motifs is 1. The first-order valence-corrected chi connectivity index (χ1v) is 6.34. The van der Waals surface area contributed by atoms with E-state index in [0.717, 1.165) is 12.2 Å². The highest BCUT2D eigenvalue weighted by atomic mass is 32.1. The number of benzene rings is 1. The number of thiophene rings is 1. The lowest BCUT2D eigenvalue weighted by Gasteiger charge is -2.08. The number of methoxy groups -OCH3 is 1. The normalized spacial score (nSPS) is 12.9. The maximum Gasteiger partial charge on any atom is 0.120 e. The molecule has 0 amide bonds. The van der Waals surface area contributed by atoms with E-state index >= 15 is 0 Å². The predicted octanol–water partition coefficient (Wildman–Crippen LogP) is 3.06. The van der Waals surface area contributed by atoms with Crippen molar-refractivity contribution < 1.29 is 4.74 Å². The van der Waals surface area contributed by atoms with Gasteiger partial charge in [-0.2, -0.15) is 0 Å². The van der Waals surface area contributed by atoms with Gasteiger partial charge in [0.15, 0.2) is 0 Å². The summed E-state index contributed by atoms with van der Waals surface area (Å²) < 4.78 is 6.53. The van der Waals surface area contributed by atoms with Crippen molar-refractivity contribution in [1.82, 2.24) is 5.32 Å². The summed E-state index contributed by atoms with van der Waals surface area (Å²) in [6, 6.07) is 6.80. The van der Waals surface area contributed by atoms with Crippen molar-refractivity contribution in [3.63, 3.8) is 0 Å². The molecular weight excluding hydrogens is 218 g/mol. The number of ether oxygens (including phenoxy) is 1. The second kappa shape index (κ2) is 4.85. The molecule has 0 aliphatic carbocycles. The first-order valence-electron chi connectivity index (χ1n) is 5.46. The molecule has 86 valence electrons. The second-order valence-corrected chi connectivity index (χ2v) is 4.93. The average molecular weight is 235 g/mol. The molecule has 1 N–H and O–H groups in total. The van der Waals surface area contributed by atoms with Gasteiger partial charge in [-0.05, 0) is 54.9 Å². The van der Waals surface area contributed by atoms with E-state index in [1.807, 2.05) is 13.1 Å². The van der Waals surface area contributed by atoms with Gasteiger partial charge in [0.1, 0.15) is 5.75 Å². The highest BCUT2D eigenvalue weighted by molar-refractivity contribution is 7.17. The van der Waals surface area contributed by atoms with Crippen LogP contribution in [0.1, 0.15) is 12.5 Å². The Balaban J connectivity index is 2.34. The van der Waals surface area contributed by atoms with Crippen LogP contribution in [0.3, 0.4) is 0 Å². The van der Waals surface area contributed by atoms with Crippen molar-refractivity contribution in [1.29, 1.82) is 0 Å². The predicted molar refractivity (Wildman–Crippen MR) is 70.6 cm³/mol. The molecule has 2 nitrogen and oxygen atoms in total. The molecule has 1 heterocycles. The van der Waals surface area contributed by atoms with Crippen LogP contribution < -0.4 is 10.1 Å². The van der Waals surface area contributed by atoms with Crippen LogP contribution in [0.2, 0.25) is 0 Å². The van der Waals surface area contributed by atoms with Crippen LogP contribution in [0.25, 0.3) is 10.1 Å². The molecule has 1 aromatic carbocycles. The van der Waals surface area contributed by atoms with E-state index < -0.39 is 0 Å². The fourth-order valence-electron chi connectivity index (χ4n) is 1.78. The summed E-state index contributed by atoms with van der Waals surface area (Å²) >= 11 is 1.79. The summed E-state index contributed by atoms with van der Waals surface area (Å²) in [5, 5.41) is 6.87. The minimum atomic E-state index is 0.514. The van der Waals surface area contributed by atoms with Crippen molar-refractivity contribution in [2.24, 2.45) is 0 Å². The molecule has 2 rings (SSSR count). The number of nitrogens with one attached hydrogen (secondary N) is 1. The summed E-state index contributed by atoms with van der Waals surface area (Å²) in [5.41, 5.74) is 1.42. The molecule has 16 heavy (non-hydrogen) atoms. The number of hydrogen-bond donors (Lipinski definition) is 1. The zero-order valence-corrected chi connectivity index (χ0v) is 10.7. The van der Waals surface area contributed by atoms with Gasteiger partial charge in [-0.3, -0.25) is 0 Å². The quantitative estimate of drug-likeness (QED) is 0.879. The Bertz CT molecular complexity index is 478. The van der Waals surface area contributed by atoms with E-state index in [2.05, 4.69) is 29.8 Å². The van der Waals surface area contributed by atoms with Gasteiger partial charge in [0.2, 0.25) is 0 Å².